The van der Waals surface area contributed by atoms with Crippen molar-refractivity contribution in [1.29, 1.82) is 0 Å². The fraction of sp³-hybridized carbons (Fsp3) is 0.714. The third-order valence-corrected chi connectivity index (χ3v) is 3.02. The van der Waals surface area contributed by atoms with Crippen LogP contribution in [0.5, 0.6) is 0 Å². The van der Waals surface area contributed by atoms with E-state index in [1.165, 1.54) is 13.0 Å². The first kappa shape index (κ1) is 20.6. The number of hydrogen-bond acceptors (Lipinski definition) is 6. The van der Waals surface area contributed by atoms with Crippen LogP contribution in [-0.2, 0) is 28.6 Å². The first-order chi connectivity index (χ1) is 9.85. The normalized spacial score (nSPS) is 14.8. The molecule has 0 aliphatic carbocycles. The monoisotopic (exact) mass is 335 g/mol. The lowest BCUT2D eigenvalue weighted by Gasteiger charge is -2.28. The van der Waals surface area contributed by atoms with Crippen molar-refractivity contribution < 1.29 is 26.9 Å². The highest BCUT2D eigenvalue weighted by atomic mass is 32.2. The van der Waals surface area contributed by atoms with E-state index in [4.69, 9.17) is 8.92 Å². The summed E-state index contributed by atoms with van der Waals surface area (Å²) in [6, 6.07) is -1.02. The molecule has 0 bridgehead atoms. The maximum Gasteiger partial charge on any atom is 0.329 e. The van der Waals surface area contributed by atoms with Gasteiger partial charge in [0.2, 0.25) is 5.91 Å². The Balaban J connectivity index is 5.24. The molecule has 8 heteroatoms. The van der Waals surface area contributed by atoms with Crippen molar-refractivity contribution in [2.24, 2.45) is 5.92 Å². The van der Waals surface area contributed by atoms with Gasteiger partial charge in [-0.05, 0) is 27.2 Å². The Morgan fingerprint density at radius 3 is 2.23 bits per heavy atom. The van der Waals surface area contributed by atoms with Gasteiger partial charge in [0.25, 0.3) is 10.1 Å². The lowest BCUT2D eigenvalue weighted by Crippen LogP contribution is -2.49. The van der Waals surface area contributed by atoms with Gasteiger partial charge in [0.05, 0.1) is 12.9 Å². The van der Waals surface area contributed by atoms with Gasteiger partial charge in [-0.1, -0.05) is 6.08 Å². The second kappa shape index (κ2) is 8.28. The number of allylic oxidation sites excluding steroid dienone is 1. The number of esters is 1. The van der Waals surface area contributed by atoms with Gasteiger partial charge in [-0.25, -0.2) is 4.79 Å². The van der Waals surface area contributed by atoms with Crippen LogP contribution >= 0.6 is 0 Å². The fourth-order valence-electron chi connectivity index (χ4n) is 1.68. The van der Waals surface area contributed by atoms with Crippen molar-refractivity contribution >= 4 is 22.0 Å². The smallest absolute Gasteiger partial charge is 0.329 e. The molecule has 22 heavy (non-hydrogen) atoms. The molecule has 0 rings (SSSR count). The molecule has 0 aromatic heterocycles. The van der Waals surface area contributed by atoms with Crippen LogP contribution in [0.3, 0.4) is 0 Å². The number of carbonyl (C=O) groups is 2. The summed E-state index contributed by atoms with van der Waals surface area (Å²) in [7, 11) is -3.66. The van der Waals surface area contributed by atoms with E-state index in [1.807, 2.05) is 0 Å². The number of rotatable bonds is 8. The van der Waals surface area contributed by atoms with Crippen molar-refractivity contribution in [2.75, 3.05) is 12.9 Å². The summed E-state index contributed by atoms with van der Waals surface area (Å²) < 4.78 is 32.3. The Hall–Kier alpha value is -1.41. The van der Waals surface area contributed by atoms with Crippen LogP contribution < -0.4 is 5.32 Å². The van der Waals surface area contributed by atoms with Crippen LogP contribution in [0.15, 0.2) is 12.7 Å². The highest BCUT2D eigenvalue weighted by molar-refractivity contribution is 7.85. The summed E-state index contributed by atoms with van der Waals surface area (Å²) >= 11 is 0. The van der Waals surface area contributed by atoms with E-state index >= 15 is 0 Å². The topological polar surface area (TPSA) is 98.8 Å². The van der Waals surface area contributed by atoms with Gasteiger partial charge in [0.1, 0.15) is 11.6 Å². The van der Waals surface area contributed by atoms with E-state index < -0.39 is 39.6 Å². The molecule has 0 aromatic carbocycles. The van der Waals surface area contributed by atoms with Gasteiger partial charge >= 0.3 is 5.97 Å². The van der Waals surface area contributed by atoms with Crippen molar-refractivity contribution in [3.8, 4) is 0 Å². The fourth-order valence-corrected chi connectivity index (χ4v) is 2.10. The first-order valence-electron chi connectivity index (χ1n) is 6.81. The molecule has 7 nitrogen and oxygen atoms in total. The van der Waals surface area contributed by atoms with Gasteiger partial charge in [-0.3, -0.25) is 8.98 Å². The van der Waals surface area contributed by atoms with Crippen molar-refractivity contribution in [3.63, 3.8) is 0 Å². The maximum atomic E-state index is 12.3. The zero-order valence-corrected chi connectivity index (χ0v) is 14.5. The lowest BCUT2D eigenvalue weighted by molar-refractivity contribution is -0.160. The Morgan fingerprint density at radius 1 is 1.32 bits per heavy atom. The van der Waals surface area contributed by atoms with E-state index in [1.54, 1.807) is 20.8 Å². The summed E-state index contributed by atoms with van der Waals surface area (Å²) in [4.78, 5) is 23.6. The average Bonchev–Trinajstić information content (AvgIpc) is 2.28. The molecule has 0 heterocycles. The third-order valence-electron chi connectivity index (χ3n) is 2.46. The summed E-state index contributed by atoms with van der Waals surface area (Å²) in [5, 5.41) is 2.49. The molecule has 0 saturated carbocycles. The largest absolute Gasteiger partial charge is 0.458 e. The molecule has 1 amide bonds. The van der Waals surface area contributed by atoms with Crippen LogP contribution in [-0.4, -0.2) is 44.8 Å². The minimum Gasteiger partial charge on any atom is -0.458 e. The van der Waals surface area contributed by atoms with Crippen LogP contribution in [0.2, 0.25) is 0 Å². The van der Waals surface area contributed by atoms with E-state index in [2.05, 4.69) is 11.9 Å². The van der Waals surface area contributed by atoms with Gasteiger partial charge in [-0.2, -0.15) is 8.42 Å². The summed E-state index contributed by atoms with van der Waals surface area (Å²) in [5.41, 5.74) is -0.732. The molecule has 0 spiro atoms. The second-order valence-electron chi connectivity index (χ2n) is 5.98. The summed E-state index contributed by atoms with van der Waals surface area (Å²) in [5.74, 6) is -1.68. The van der Waals surface area contributed by atoms with Crippen LogP contribution in [0.4, 0.5) is 0 Å². The van der Waals surface area contributed by atoms with Gasteiger partial charge in [0, 0.05) is 12.8 Å². The van der Waals surface area contributed by atoms with E-state index in [9.17, 15) is 18.0 Å². The molecular weight excluding hydrogens is 310 g/mol. The minimum atomic E-state index is -3.66. The Kier molecular flexibility index (Phi) is 7.75. The van der Waals surface area contributed by atoms with Crippen molar-refractivity contribution in [1.82, 2.24) is 5.32 Å². The Morgan fingerprint density at radius 2 is 1.86 bits per heavy atom. The number of carbonyl (C=O) groups excluding carboxylic acids is 2. The van der Waals surface area contributed by atoms with Crippen LogP contribution in [0.25, 0.3) is 0 Å². The highest BCUT2D eigenvalue weighted by Gasteiger charge is 2.33. The van der Waals surface area contributed by atoms with Crippen LogP contribution in [0.1, 0.15) is 34.1 Å². The average molecular weight is 335 g/mol. The van der Waals surface area contributed by atoms with Gasteiger partial charge < -0.3 is 10.1 Å². The zero-order chi connectivity index (χ0) is 17.6. The summed E-state index contributed by atoms with van der Waals surface area (Å²) in [6.07, 6.45) is 2.72. The quantitative estimate of drug-likeness (QED) is 0.404. The highest BCUT2D eigenvalue weighted by Crippen LogP contribution is 2.17. The molecule has 0 unspecified atom stereocenters. The molecule has 0 saturated heterocycles. The molecule has 128 valence electrons. The van der Waals surface area contributed by atoms with E-state index in [0.717, 1.165) is 6.26 Å². The molecule has 0 aliphatic heterocycles. The number of ether oxygens (including phenoxy) is 1. The molecule has 1 N–H and O–H groups in total. The van der Waals surface area contributed by atoms with Gasteiger partial charge in [0.15, 0.2) is 0 Å². The zero-order valence-electron chi connectivity index (χ0n) is 13.7. The molecule has 2 atom stereocenters. The molecule has 0 fully saturated rings. The Labute approximate surface area is 132 Å². The SMILES string of the molecule is C=CC[C@H](COS(C)(=O)=O)[C@H](NC(C)=O)C(=O)OC(C)(C)C. The Bertz CT molecular complexity index is 506. The van der Waals surface area contributed by atoms with Crippen molar-refractivity contribution in [3.05, 3.63) is 12.7 Å². The minimum absolute atomic E-state index is 0.255. The standard InChI is InChI=1S/C14H25NO6S/c1-7-8-11(9-20-22(6,18)19)12(15-10(2)16)13(17)21-14(3,4)5/h7,11-12H,1,8-9H2,2-6H3,(H,15,16)/t11-,12+/m1/s1. The lowest BCUT2D eigenvalue weighted by atomic mass is 9.96. The first-order valence-corrected chi connectivity index (χ1v) is 8.62. The molecular formula is C14H25NO6S. The predicted octanol–water partition coefficient (Wildman–Crippen LogP) is 1.00. The third kappa shape index (κ3) is 9.51. The number of nitrogens with one attached hydrogen (secondary N) is 1. The van der Waals surface area contributed by atoms with E-state index in [0.29, 0.717) is 0 Å². The maximum absolute atomic E-state index is 12.3. The van der Waals surface area contributed by atoms with E-state index in [-0.39, 0.29) is 13.0 Å². The van der Waals surface area contributed by atoms with Gasteiger partial charge in [-0.15, -0.1) is 6.58 Å². The number of hydrogen-bond donors (Lipinski definition) is 1. The molecule has 0 aliphatic rings. The predicted molar refractivity (Wildman–Crippen MR) is 82.5 cm³/mol. The number of amides is 1. The molecule has 0 radical (unpaired) electrons. The summed E-state index contributed by atoms with van der Waals surface area (Å²) in [6.45, 7) is 9.68. The second-order valence-corrected chi connectivity index (χ2v) is 7.63. The van der Waals surface area contributed by atoms with Crippen molar-refractivity contribution in [2.45, 2.75) is 45.8 Å². The molecule has 0 aromatic rings. The van der Waals surface area contributed by atoms with Crippen LogP contribution in [0, 0.1) is 5.92 Å².